The van der Waals surface area contributed by atoms with Crippen molar-refractivity contribution in [2.45, 2.75) is 94.6 Å². The average molecular weight is 591 g/mol. The monoisotopic (exact) mass is 590 g/mol. The minimum absolute atomic E-state index is 0.166. The van der Waals surface area contributed by atoms with E-state index in [4.69, 9.17) is 9.47 Å². The van der Waals surface area contributed by atoms with Gasteiger partial charge in [-0.05, 0) is 41.9 Å². The van der Waals surface area contributed by atoms with Crippen molar-refractivity contribution in [1.82, 2.24) is 10.6 Å². The number of hydrogen-bond donors (Lipinski definition) is 4. The lowest BCUT2D eigenvalue weighted by molar-refractivity contribution is -0.127. The Morgan fingerprint density at radius 1 is 1.02 bits per heavy atom. The van der Waals surface area contributed by atoms with Gasteiger partial charge >= 0.3 is 6.09 Å². The Balaban J connectivity index is 1.30. The van der Waals surface area contributed by atoms with E-state index >= 15 is 0 Å². The average Bonchev–Trinajstić information content (AvgIpc) is 3.64. The maximum absolute atomic E-state index is 13.8. The van der Waals surface area contributed by atoms with Gasteiger partial charge in [0.05, 0.1) is 37.5 Å². The highest BCUT2D eigenvalue weighted by atomic mass is 16.6. The van der Waals surface area contributed by atoms with E-state index in [1.807, 2.05) is 66.7 Å². The Morgan fingerprint density at radius 2 is 1.79 bits per heavy atom. The van der Waals surface area contributed by atoms with Gasteiger partial charge in [-0.2, -0.15) is 0 Å². The van der Waals surface area contributed by atoms with Crippen molar-refractivity contribution in [1.29, 1.82) is 0 Å². The highest BCUT2D eigenvalue weighted by molar-refractivity contribution is 5.80. The van der Waals surface area contributed by atoms with Crippen LogP contribution in [-0.4, -0.2) is 59.8 Å². The summed E-state index contributed by atoms with van der Waals surface area (Å²) >= 11 is 0. The molecule has 8 nitrogen and oxygen atoms in total. The lowest BCUT2D eigenvalue weighted by Crippen LogP contribution is -2.47. The third kappa shape index (κ3) is 8.91. The minimum Gasteiger partial charge on any atom is -0.444 e. The summed E-state index contributed by atoms with van der Waals surface area (Å²) in [5.41, 5.74) is 2.99. The number of hydrogen-bond acceptors (Lipinski definition) is 6. The smallest absolute Gasteiger partial charge is 0.407 e. The molecule has 1 heterocycles. The largest absolute Gasteiger partial charge is 0.444 e. The second kappa shape index (κ2) is 15.5. The molecule has 8 heteroatoms. The van der Waals surface area contributed by atoms with Gasteiger partial charge in [0, 0.05) is 18.8 Å². The molecule has 232 valence electrons. The van der Waals surface area contributed by atoms with E-state index in [-0.39, 0.29) is 18.4 Å². The van der Waals surface area contributed by atoms with Crippen LogP contribution in [0.4, 0.5) is 4.79 Å². The van der Waals surface area contributed by atoms with Crippen LogP contribution >= 0.6 is 0 Å². The van der Waals surface area contributed by atoms with Gasteiger partial charge < -0.3 is 30.3 Å². The number of aliphatic hydroxyl groups is 2. The van der Waals surface area contributed by atoms with Gasteiger partial charge in [-0.15, -0.1) is 0 Å². The van der Waals surface area contributed by atoms with Gasteiger partial charge in [0.2, 0.25) is 5.91 Å². The van der Waals surface area contributed by atoms with E-state index in [0.29, 0.717) is 44.8 Å². The molecular weight excluding hydrogens is 544 g/mol. The van der Waals surface area contributed by atoms with E-state index < -0.39 is 36.3 Å². The fourth-order valence-electron chi connectivity index (χ4n) is 6.75. The van der Waals surface area contributed by atoms with E-state index in [9.17, 15) is 19.8 Å². The number of amides is 2. The molecule has 2 amide bonds. The molecule has 43 heavy (non-hydrogen) atoms. The first kappa shape index (κ1) is 31.2. The van der Waals surface area contributed by atoms with E-state index in [1.165, 1.54) is 6.42 Å². The van der Waals surface area contributed by atoms with Gasteiger partial charge in [0.1, 0.15) is 6.10 Å². The molecule has 2 aromatic carbocycles. The van der Waals surface area contributed by atoms with Crippen molar-refractivity contribution in [3.05, 3.63) is 77.4 Å². The summed E-state index contributed by atoms with van der Waals surface area (Å²) in [5, 5.41) is 28.4. The molecule has 2 aromatic rings. The van der Waals surface area contributed by atoms with Crippen LogP contribution < -0.4 is 10.6 Å². The number of nitrogens with one attached hydrogen (secondary N) is 2. The Hall–Kier alpha value is -3.20. The lowest BCUT2D eigenvalue weighted by Gasteiger charge is -2.32. The maximum atomic E-state index is 13.8. The van der Waals surface area contributed by atoms with Crippen molar-refractivity contribution in [3.8, 4) is 0 Å². The third-order valence-electron chi connectivity index (χ3n) is 9.17. The number of carbonyl (C=O) groups is 2. The quantitative estimate of drug-likeness (QED) is 0.274. The number of aliphatic hydroxyl groups excluding tert-OH is 2. The Bertz CT molecular complexity index is 1210. The molecule has 0 spiro atoms. The fraction of sp³-hybridized carbons (Fsp3) is 0.543. The van der Waals surface area contributed by atoms with E-state index in [1.54, 1.807) is 0 Å². The van der Waals surface area contributed by atoms with Gasteiger partial charge in [-0.25, -0.2) is 4.79 Å². The summed E-state index contributed by atoms with van der Waals surface area (Å²) in [4.78, 5) is 26.7. The second-order valence-corrected chi connectivity index (χ2v) is 12.4. The van der Waals surface area contributed by atoms with Crippen LogP contribution in [0.5, 0.6) is 0 Å². The van der Waals surface area contributed by atoms with Gasteiger partial charge in [0.25, 0.3) is 0 Å². The molecule has 4 N–H and O–H groups in total. The zero-order valence-electron chi connectivity index (χ0n) is 24.9. The molecule has 0 unspecified atom stereocenters. The summed E-state index contributed by atoms with van der Waals surface area (Å²) in [5.74, 6) is -0.386. The molecule has 0 bridgehead atoms. The predicted octanol–water partition coefficient (Wildman–Crippen LogP) is 5.09. The molecule has 1 aliphatic heterocycles. The molecular formula is C35H46N2O6. The topological polar surface area (TPSA) is 117 Å². The van der Waals surface area contributed by atoms with Crippen LogP contribution in [0, 0.1) is 11.8 Å². The lowest BCUT2D eigenvalue weighted by atomic mass is 9.82. The first-order valence-electron chi connectivity index (χ1n) is 16.0. The van der Waals surface area contributed by atoms with E-state index in [0.717, 1.165) is 42.4 Å². The molecule has 2 fully saturated rings. The van der Waals surface area contributed by atoms with Crippen LogP contribution in [0.15, 0.2) is 60.7 Å². The van der Waals surface area contributed by atoms with Gasteiger partial charge in [0.15, 0.2) is 0 Å². The third-order valence-corrected chi connectivity index (χ3v) is 9.17. The normalized spacial score (nSPS) is 24.3. The zero-order valence-corrected chi connectivity index (χ0v) is 24.9. The Morgan fingerprint density at radius 3 is 2.56 bits per heavy atom. The van der Waals surface area contributed by atoms with Crippen LogP contribution in [0.25, 0.3) is 6.08 Å². The summed E-state index contributed by atoms with van der Waals surface area (Å²) in [6, 6.07) is 16.6. The standard InChI is InChI=1S/C35H46N2O6/c38-31(30(20-25-12-5-2-6-13-25)36-35(41)43-28-18-19-42-23-28)22-27(16-9-14-24-10-3-1-4-11-24)34(40)37-33-29-17-8-7-15-26(29)21-32(33)39/h1,3-4,7-11,14-15,17,25,27-28,30-33,38-39H,2,5-6,12-13,16,18-23H2,(H,36,41)(H,37,40)/b14-9+/t27-,28+,30+,31+,32-,33+/m1/s1. The highest BCUT2D eigenvalue weighted by Crippen LogP contribution is 2.33. The molecule has 1 saturated carbocycles. The molecule has 1 saturated heterocycles. The SMILES string of the molecule is O=C(N[C@@H](CC1CCCCC1)[C@@H](O)C[C@@H](C/C=C/c1ccccc1)C(=O)N[C@H]1c2ccccc2C[C@H]1O)O[C@H]1CCOC1. The first-order chi connectivity index (χ1) is 21.0. The molecule has 5 rings (SSSR count). The van der Waals surface area contributed by atoms with Crippen molar-refractivity contribution < 1.29 is 29.3 Å². The van der Waals surface area contributed by atoms with Crippen molar-refractivity contribution in [3.63, 3.8) is 0 Å². The molecule has 6 atom stereocenters. The fourth-order valence-corrected chi connectivity index (χ4v) is 6.75. The van der Waals surface area contributed by atoms with Crippen molar-refractivity contribution >= 4 is 18.1 Å². The number of rotatable bonds is 12. The van der Waals surface area contributed by atoms with Crippen molar-refractivity contribution in [2.75, 3.05) is 13.2 Å². The maximum Gasteiger partial charge on any atom is 0.407 e. The van der Waals surface area contributed by atoms with Crippen LogP contribution in [0.3, 0.4) is 0 Å². The predicted molar refractivity (Wildman–Crippen MR) is 165 cm³/mol. The van der Waals surface area contributed by atoms with E-state index in [2.05, 4.69) is 10.6 Å². The van der Waals surface area contributed by atoms with Gasteiger partial charge in [-0.3, -0.25) is 4.79 Å². The number of ether oxygens (including phenoxy) is 2. The summed E-state index contributed by atoms with van der Waals surface area (Å²) in [6.45, 7) is 0.953. The number of carbonyl (C=O) groups excluding carboxylic acids is 2. The Labute approximate surface area is 254 Å². The number of fused-ring (bicyclic) bond motifs is 1. The summed E-state index contributed by atoms with van der Waals surface area (Å²) < 4.78 is 10.9. The van der Waals surface area contributed by atoms with Crippen molar-refractivity contribution in [2.24, 2.45) is 11.8 Å². The number of allylic oxidation sites excluding steroid dienone is 1. The number of benzene rings is 2. The highest BCUT2D eigenvalue weighted by Gasteiger charge is 2.35. The van der Waals surface area contributed by atoms with Crippen LogP contribution in [0.1, 0.15) is 80.5 Å². The van der Waals surface area contributed by atoms with Gasteiger partial charge in [-0.1, -0.05) is 98.9 Å². The number of alkyl carbamates (subject to hydrolysis) is 1. The molecule has 3 aliphatic rings. The molecule has 2 aliphatic carbocycles. The molecule has 0 radical (unpaired) electrons. The Kier molecular flexibility index (Phi) is 11.3. The summed E-state index contributed by atoms with van der Waals surface area (Å²) in [6.07, 6.45) is 9.47. The first-order valence-corrected chi connectivity index (χ1v) is 16.0. The van der Waals surface area contributed by atoms with Crippen LogP contribution in [0.2, 0.25) is 0 Å². The molecule has 0 aromatic heterocycles. The zero-order chi connectivity index (χ0) is 30.0. The summed E-state index contributed by atoms with van der Waals surface area (Å²) in [7, 11) is 0. The van der Waals surface area contributed by atoms with Crippen LogP contribution in [-0.2, 0) is 20.7 Å². The second-order valence-electron chi connectivity index (χ2n) is 12.4. The minimum atomic E-state index is -0.948.